The van der Waals surface area contributed by atoms with E-state index in [1.54, 1.807) is 35.9 Å². The molecule has 1 aromatic heterocycles. The summed E-state index contributed by atoms with van der Waals surface area (Å²) in [6.45, 7) is 0.288. The molecule has 35 heavy (non-hydrogen) atoms. The maximum Gasteiger partial charge on any atom is 0.352 e. The minimum absolute atomic E-state index is 0.0748. The van der Waals surface area contributed by atoms with Crippen molar-refractivity contribution in [2.24, 2.45) is 5.73 Å². The zero-order chi connectivity index (χ0) is 24.5. The Kier molecular flexibility index (Phi) is 5.58. The summed E-state index contributed by atoms with van der Waals surface area (Å²) in [5, 5.41) is 20.4. The van der Waals surface area contributed by atoms with Crippen LogP contribution in [0.3, 0.4) is 0 Å². The van der Waals surface area contributed by atoms with Crippen molar-refractivity contribution in [3.05, 3.63) is 102 Å². The first-order chi connectivity index (χ1) is 16.9. The van der Waals surface area contributed by atoms with Gasteiger partial charge in [0.15, 0.2) is 11.5 Å². The Labute approximate surface area is 201 Å². The van der Waals surface area contributed by atoms with Crippen LogP contribution in [0.1, 0.15) is 21.6 Å². The van der Waals surface area contributed by atoms with E-state index in [2.05, 4.69) is 0 Å². The smallest absolute Gasteiger partial charge is 0.352 e. The predicted octanol–water partition coefficient (Wildman–Crippen LogP) is 5.63. The number of methoxy groups -OCH3 is 1. The maximum absolute atomic E-state index is 12.1. The molecular weight excluding hydrogens is 442 g/mol. The van der Waals surface area contributed by atoms with Crippen LogP contribution in [0.25, 0.3) is 21.7 Å². The number of nitrogen functional groups attached to an aromatic ring is 1. The van der Waals surface area contributed by atoms with Gasteiger partial charge >= 0.3 is 5.97 Å². The molecule has 5 aromatic rings. The van der Waals surface area contributed by atoms with E-state index < -0.39 is 5.97 Å². The van der Waals surface area contributed by atoms with Crippen LogP contribution in [0, 0.1) is 5.41 Å². The minimum atomic E-state index is -1.03. The molecule has 0 aliphatic rings. The number of benzene rings is 4. The lowest BCUT2D eigenvalue weighted by atomic mass is 10.0. The normalized spacial score (nSPS) is 11.0. The van der Waals surface area contributed by atoms with Crippen molar-refractivity contribution in [3.8, 4) is 17.2 Å². The summed E-state index contributed by atoms with van der Waals surface area (Å²) in [6.07, 6.45) is 0. The highest BCUT2D eigenvalue weighted by Gasteiger charge is 2.18. The molecule has 7 nitrogen and oxygen atoms in total. The van der Waals surface area contributed by atoms with Gasteiger partial charge in [0.05, 0.1) is 7.11 Å². The number of nitrogens with one attached hydrogen (secondary N) is 1. The molecular formula is C28H23N3O4. The van der Waals surface area contributed by atoms with Crippen molar-refractivity contribution in [1.29, 1.82) is 5.41 Å². The Bertz CT molecular complexity index is 1600. The van der Waals surface area contributed by atoms with Gasteiger partial charge < -0.3 is 24.9 Å². The second-order valence-electron chi connectivity index (χ2n) is 8.16. The Balaban J connectivity index is 1.66. The van der Waals surface area contributed by atoms with E-state index in [0.29, 0.717) is 28.3 Å². The van der Waals surface area contributed by atoms with E-state index in [4.69, 9.17) is 20.6 Å². The van der Waals surface area contributed by atoms with Gasteiger partial charge in [-0.05, 0) is 52.7 Å². The van der Waals surface area contributed by atoms with E-state index in [1.807, 2.05) is 60.7 Å². The second-order valence-corrected chi connectivity index (χ2v) is 8.16. The number of hydrogen-bond acceptors (Lipinski definition) is 4. The zero-order valence-corrected chi connectivity index (χ0v) is 19.0. The van der Waals surface area contributed by atoms with Crippen LogP contribution in [-0.4, -0.2) is 28.6 Å². The highest BCUT2D eigenvalue weighted by molar-refractivity contribution is 6.01. The molecule has 4 N–H and O–H groups in total. The molecule has 0 aliphatic carbocycles. The molecule has 0 atom stereocenters. The van der Waals surface area contributed by atoms with Gasteiger partial charge in [-0.3, -0.25) is 5.41 Å². The first-order valence-electron chi connectivity index (χ1n) is 11.0. The summed E-state index contributed by atoms with van der Waals surface area (Å²) in [6, 6.07) is 26.1. The van der Waals surface area contributed by atoms with E-state index in [0.717, 1.165) is 21.7 Å². The monoisotopic (exact) mass is 465 g/mol. The molecule has 4 aromatic carbocycles. The van der Waals surface area contributed by atoms with E-state index in [-0.39, 0.29) is 18.1 Å². The number of ether oxygens (including phenoxy) is 2. The quantitative estimate of drug-likeness (QED) is 0.213. The number of nitrogens with two attached hydrogens (primary N) is 1. The molecule has 0 spiro atoms. The van der Waals surface area contributed by atoms with Gasteiger partial charge in [0, 0.05) is 23.0 Å². The average molecular weight is 466 g/mol. The number of aromatic nitrogens is 1. The van der Waals surface area contributed by atoms with Crippen molar-refractivity contribution in [2.75, 3.05) is 7.11 Å². The van der Waals surface area contributed by atoms with E-state index in [1.165, 1.54) is 0 Å². The number of fused-ring (bicyclic) bond motifs is 2. The fourth-order valence-electron chi connectivity index (χ4n) is 4.32. The van der Waals surface area contributed by atoms with Gasteiger partial charge in [-0.2, -0.15) is 0 Å². The third-order valence-corrected chi connectivity index (χ3v) is 5.98. The summed E-state index contributed by atoms with van der Waals surface area (Å²) in [5.74, 6) is 0.704. The highest BCUT2D eigenvalue weighted by atomic mass is 16.5. The summed E-state index contributed by atoms with van der Waals surface area (Å²) in [5.41, 5.74) is 7.96. The second kappa shape index (κ2) is 8.87. The standard InChI is InChI=1S/C28H23N3O4/c1-34-25-8-4-5-9-26(25)35-21-12-17-6-2-3-7-22(17)20(13-21)16-31-23-15-19(27(29)30)11-10-18(23)14-24(31)28(32)33/h2-15H,16H2,1H3,(H3,29,30)(H,32,33). The predicted molar refractivity (Wildman–Crippen MR) is 136 cm³/mol. The number of para-hydroxylation sites is 2. The van der Waals surface area contributed by atoms with Crippen molar-refractivity contribution in [2.45, 2.75) is 6.54 Å². The molecule has 174 valence electrons. The number of amidine groups is 1. The summed E-state index contributed by atoms with van der Waals surface area (Å²) >= 11 is 0. The topological polar surface area (TPSA) is 111 Å². The molecule has 0 amide bonds. The molecule has 0 radical (unpaired) electrons. The largest absolute Gasteiger partial charge is 0.493 e. The molecule has 0 saturated heterocycles. The Morgan fingerprint density at radius 2 is 1.69 bits per heavy atom. The van der Waals surface area contributed by atoms with E-state index in [9.17, 15) is 9.90 Å². The maximum atomic E-state index is 12.1. The van der Waals surface area contributed by atoms with Gasteiger partial charge in [0.25, 0.3) is 0 Å². The Morgan fingerprint density at radius 3 is 2.43 bits per heavy atom. The van der Waals surface area contributed by atoms with Crippen molar-refractivity contribution in [3.63, 3.8) is 0 Å². The molecule has 7 heteroatoms. The third-order valence-electron chi connectivity index (χ3n) is 5.98. The van der Waals surface area contributed by atoms with Crippen LogP contribution in [0.2, 0.25) is 0 Å². The molecule has 1 heterocycles. The fraction of sp³-hybridized carbons (Fsp3) is 0.0714. The summed E-state index contributed by atoms with van der Waals surface area (Å²) in [4.78, 5) is 12.1. The average Bonchev–Trinajstić information content (AvgIpc) is 3.22. The lowest BCUT2D eigenvalue weighted by molar-refractivity contribution is 0.0686. The molecule has 0 saturated carbocycles. The summed E-state index contributed by atoms with van der Waals surface area (Å²) in [7, 11) is 1.59. The molecule has 5 rings (SSSR count). The van der Waals surface area contributed by atoms with Gasteiger partial charge in [0.1, 0.15) is 17.3 Å². The number of aromatic carboxylic acids is 1. The van der Waals surface area contributed by atoms with Gasteiger partial charge in [-0.25, -0.2) is 4.79 Å². The van der Waals surface area contributed by atoms with Crippen LogP contribution < -0.4 is 15.2 Å². The molecule has 0 aliphatic heterocycles. The first kappa shape index (κ1) is 22.0. The van der Waals surface area contributed by atoms with Crippen molar-refractivity contribution >= 4 is 33.5 Å². The number of carboxylic acid groups (broad SMARTS) is 1. The Hall–Kier alpha value is -4.78. The van der Waals surface area contributed by atoms with Crippen LogP contribution in [0.4, 0.5) is 0 Å². The van der Waals surface area contributed by atoms with Gasteiger partial charge in [-0.1, -0.05) is 48.5 Å². The highest BCUT2D eigenvalue weighted by Crippen LogP contribution is 2.35. The number of carboxylic acids is 1. The van der Waals surface area contributed by atoms with Crippen LogP contribution >= 0.6 is 0 Å². The number of carbonyl (C=O) groups is 1. The molecule has 0 fully saturated rings. The lowest BCUT2D eigenvalue weighted by Crippen LogP contribution is -2.12. The number of hydrogen-bond donors (Lipinski definition) is 3. The van der Waals surface area contributed by atoms with Gasteiger partial charge in [0.2, 0.25) is 0 Å². The fourth-order valence-corrected chi connectivity index (χ4v) is 4.32. The first-order valence-corrected chi connectivity index (χ1v) is 11.0. The summed E-state index contributed by atoms with van der Waals surface area (Å²) < 4.78 is 13.3. The number of rotatable bonds is 7. The lowest BCUT2D eigenvalue weighted by Gasteiger charge is -2.15. The molecule has 0 bridgehead atoms. The van der Waals surface area contributed by atoms with E-state index >= 15 is 0 Å². The minimum Gasteiger partial charge on any atom is -0.493 e. The van der Waals surface area contributed by atoms with Crippen molar-refractivity contribution < 1.29 is 19.4 Å². The zero-order valence-electron chi connectivity index (χ0n) is 19.0. The third kappa shape index (κ3) is 4.15. The van der Waals surface area contributed by atoms with Crippen LogP contribution in [0.15, 0.2) is 84.9 Å². The Morgan fingerprint density at radius 1 is 0.943 bits per heavy atom. The number of nitrogens with zero attached hydrogens (tertiary/aromatic N) is 1. The van der Waals surface area contributed by atoms with Crippen LogP contribution in [-0.2, 0) is 6.54 Å². The van der Waals surface area contributed by atoms with Crippen molar-refractivity contribution in [1.82, 2.24) is 4.57 Å². The van der Waals surface area contributed by atoms with Gasteiger partial charge in [-0.15, -0.1) is 0 Å². The molecule has 0 unspecified atom stereocenters. The van der Waals surface area contributed by atoms with Crippen LogP contribution in [0.5, 0.6) is 17.2 Å². The SMILES string of the molecule is COc1ccccc1Oc1cc(Cn2c(C(=O)O)cc3ccc(C(=N)N)cc32)c2ccccc2c1.